The van der Waals surface area contributed by atoms with Crippen molar-refractivity contribution in [3.63, 3.8) is 0 Å². The molecular weight excluding hydrogens is 434 g/mol. The van der Waals surface area contributed by atoms with E-state index in [-0.39, 0.29) is 17.3 Å². The summed E-state index contributed by atoms with van der Waals surface area (Å²) in [6, 6.07) is 6.64. The highest BCUT2D eigenvalue weighted by Gasteiger charge is 2.27. The first kappa shape index (κ1) is 25.1. The molecule has 1 aromatic carbocycles. The van der Waals surface area contributed by atoms with Crippen molar-refractivity contribution in [3.05, 3.63) is 47.2 Å². The Bertz CT molecular complexity index is 1060. The summed E-state index contributed by atoms with van der Waals surface area (Å²) in [5.74, 6) is 0.0177. The van der Waals surface area contributed by atoms with Crippen molar-refractivity contribution in [2.24, 2.45) is 0 Å². The van der Waals surface area contributed by atoms with Gasteiger partial charge in [0.15, 0.2) is 0 Å². The predicted octanol–water partition coefficient (Wildman–Crippen LogP) is 0.685. The van der Waals surface area contributed by atoms with Crippen molar-refractivity contribution in [3.8, 4) is 5.75 Å². The van der Waals surface area contributed by atoms with E-state index in [9.17, 15) is 18.0 Å². The van der Waals surface area contributed by atoms with Gasteiger partial charge in [-0.3, -0.25) is 9.59 Å². The maximum atomic E-state index is 13.0. The average Bonchev–Trinajstić information content (AvgIpc) is 2.72. The molecule has 0 bridgehead atoms. The Balaban J connectivity index is 1.96. The molecule has 10 nitrogen and oxygen atoms in total. The number of hydrogen-bond donors (Lipinski definition) is 2. The molecule has 2 amide bonds. The first-order valence-corrected chi connectivity index (χ1v) is 11.2. The maximum absolute atomic E-state index is 13.0. The highest BCUT2D eigenvalue weighted by Crippen LogP contribution is 2.27. The molecule has 11 heteroatoms. The summed E-state index contributed by atoms with van der Waals surface area (Å²) in [5.41, 5.74) is 7.37. The Kier molecular flexibility index (Phi) is 8.17. The van der Waals surface area contributed by atoms with Crippen molar-refractivity contribution in [2.45, 2.75) is 25.3 Å². The van der Waals surface area contributed by atoms with Crippen LogP contribution >= 0.6 is 0 Å². The molecule has 0 aliphatic rings. The van der Waals surface area contributed by atoms with Crippen LogP contribution in [0.5, 0.6) is 5.75 Å². The zero-order valence-electron chi connectivity index (χ0n) is 18.9. The summed E-state index contributed by atoms with van der Waals surface area (Å²) in [4.78, 5) is 30.1. The quantitative estimate of drug-likeness (QED) is 0.558. The van der Waals surface area contributed by atoms with Gasteiger partial charge in [0.05, 0.1) is 25.1 Å². The smallest absolute Gasteiger partial charge is 0.243 e. The molecule has 0 unspecified atom stereocenters. The molecule has 1 heterocycles. The van der Waals surface area contributed by atoms with Gasteiger partial charge in [0.1, 0.15) is 11.6 Å². The molecule has 0 atom stereocenters. The Labute approximate surface area is 188 Å². The molecule has 2 aromatic rings. The fourth-order valence-corrected chi connectivity index (χ4v) is 4.67. The zero-order valence-corrected chi connectivity index (χ0v) is 19.7. The number of hydrogen-bond acceptors (Lipinski definition) is 7. The lowest BCUT2D eigenvalue weighted by molar-refractivity contribution is -0.132. The number of carbonyl (C=O) groups excluding carboxylic acids is 2. The number of aromatic nitrogens is 1. The number of likely N-dealkylation sites (N-methyl/N-ethyl adjacent to an activating group) is 2. The van der Waals surface area contributed by atoms with E-state index in [0.29, 0.717) is 29.2 Å². The maximum Gasteiger partial charge on any atom is 0.243 e. The topological polar surface area (TPSA) is 135 Å². The van der Waals surface area contributed by atoms with Crippen LogP contribution in [0.4, 0.5) is 5.82 Å². The van der Waals surface area contributed by atoms with Crippen molar-refractivity contribution < 1.29 is 22.7 Å². The van der Waals surface area contributed by atoms with Crippen molar-refractivity contribution in [1.29, 1.82) is 0 Å². The van der Waals surface area contributed by atoms with E-state index in [1.54, 1.807) is 51.4 Å². The molecule has 0 saturated carbocycles. The number of nitrogens with two attached hydrogens (primary N) is 1. The number of amides is 2. The van der Waals surface area contributed by atoms with Crippen molar-refractivity contribution in [2.75, 3.05) is 40.0 Å². The number of rotatable bonds is 9. The minimum absolute atomic E-state index is 0.126. The van der Waals surface area contributed by atoms with Crippen LogP contribution in [-0.4, -0.2) is 68.7 Å². The van der Waals surface area contributed by atoms with Crippen LogP contribution < -0.4 is 15.8 Å². The number of nitrogen functional groups attached to an aromatic ring is 1. The van der Waals surface area contributed by atoms with Crippen LogP contribution in [0, 0.1) is 13.8 Å². The summed E-state index contributed by atoms with van der Waals surface area (Å²) in [5, 5.41) is 2.47. The number of aryl methyl sites for hydroxylation is 2. The third-order valence-electron chi connectivity index (χ3n) is 4.83. The number of anilines is 1. The van der Waals surface area contributed by atoms with E-state index in [0.717, 1.165) is 9.87 Å². The second-order valence-corrected chi connectivity index (χ2v) is 9.45. The van der Waals surface area contributed by atoms with Gasteiger partial charge < -0.3 is 20.7 Å². The van der Waals surface area contributed by atoms with Crippen LogP contribution in [0.15, 0.2) is 35.4 Å². The molecule has 0 aliphatic heterocycles. The van der Waals surface area contributed by atoms with Gasteiger partial charge in [-0.05, 0) is 48.7 Å². The standard InChI is InChI=1S/C21H29N5O5S/c1-14-8-17(31-5)9-15(2)21(14)32(29,30)26(4)13-19(27)24-11-20(28)25(3)12-16-6-7-18(22)23-10-16/h6-10H,11-13H2,1-5H3,(H2,22,23)(H,24,27). The van der Waals surface area contributed by atoms with Crippen molar-refractivity contribution in [1.82, 2.24) is 19.5 Å². The van der Waals surface area contributed by atoms with Crippen LogP contribution in [-0.2, 0) is 26.2 Å². The second kappa shape index (κ2) is 10.4. The molecule has 3 N–H and O–H groups in total. The number of carbonyl (C=O) groups is 2. The second-order valence-electron chi connectivity index (χ2n) is 7.47. The normalized spacial score (nSPS) is 11.3. The van der Waals surface area contributed by atoms with E-state index >= 15 is 0 Å². The fraction of sp³-hybridized carbons (Fsp3) is 0.381. The Morgan fingerprint density at radius 1 is 1.16 bits per heavy atom. The predicted molar refractivity (Wildman–Crippen MR) is 120 cm³/mol. The van der Waals surface area contributed by atoms with Crippen LogP contribution in [0.25, 0.3) is 0 Å². The molecule has 2 rings (SSSR count). The minimum Gasteiger partial charge on any atom is -0.497 e. The van der Waals surface area contributed by atoms with Crippen LogP contribution in [0.1, 0.15) is 16.7 Å². The summed E-state index contributed by atoms with van der Waals surface area (Å²) < 4.78 is 32.1. The SMILES string of the molecule is COc1cc(C)c(S(=O)(=O)N(C)CC(=O)NCC(=O)N(C)Cc2ccc(N)nc2)c(C)c1. The van der Waals surface area contributed by atoms with Gasteiger partial charge >= 0.3 is 0 Å². The molecule has 0 aliphatic carbocycles. The number of nitrogens with zero attached hydrogens (tertiary/aromatic N) is 3. The number of nitrogens with one attached hydrogen (secondary N) is 1. The molecule has 0 fully saturated rings. The molecule has 0 spiro atoms. The van der Waals surface area contributed by atoms with Gasteiger partial charge in [0.25, 0.3) is 0 Å². The van der Waals surface area contributed by atoms with E-state index in [4.69, 9.17) is 10.5 Å². The monoisotopic (exact) mass is 463 g/mol. The van der Waals surface area contributed by atoms with Gasteiger partial charge in [0.2, 0.25) is 21.8 Å². The molecule has 0 radical (unpaired) electrons. The summed E-state index contributed by atoms with van der Waals surface area (Å²) in [6.07, 6.45) is 1.57. The van der Waals surface area contributed by atoms with E-state index < -0.39 is 22.5 Å². The number of sulfonamides is 1. The highest BCUT2D eigenvalue weighted by molar-refractivity contribution is 7.89. The zero-order chi connectivity index (χ0) is 24.1. The minimum atomic E-state index is -3.92. The van der Waals surface area contributed by atoms with Gasteiger partial charge in [0, 0.05) is 26.8 Å². The lowest BCUT2D eigenvalue weighted by Crippen LogP contribution is -2.43. The summed E-state index contributed by atoms with van der Waals surface area (Å²) in [7, 11) is 0.503. The van der Waals surface area contributed by atoms with Gasteiger partial charge in [-0.15, -0.1) is 0 Å². The number of pyridine rings is 1. The van der Waals surface area contributed by atoms with Gasteiger partial charge in [-0.25, -0.2) is 13.4 Å². The third-order valence-corrected chi connectivity index (χ3v) is 6.94. The molecule has 174 valence electrons. The Hall–Kier alpha value is -3.18. The van der Waals surface area contributed by atoms with E-state index in [1.165, 1.54) is 19.1 Å². The van der Waals surface area contributed by atoms with Gasteiger partial charge in [-0.1, -0.05) is 6.07 Å². The number of methoxy groups -OCH3 is 1. The highest BCUT2D eigenvalue weighted by atomic mass is 32.2. The van der Waals surface area contributed by atoms with Gasteiger partial charge in [-0.2, -0.15) is 4.31 Å². The van der Waals surface area contributed by atoms with Crippen LogP contribution in [0.2, 0.25) is 0 Å². The number of ether oxygens (including phenoxy) is 1. The largest absolute Gasteiger partial charge is 0.497 e. The molecule has 1 aromatic heterocycles. The van der Waals surface area contributed by atoms with E-state index in [2.05, 4.69) is 10.3 Å². The Morgan fingerprint density at radius 2 is 1.78 bits per heavy atom. The Morgan fingerprint density at radius 3 is 2.31 bits per heavy atom. The first-order valence-electron chi connectivity index (χ1n) is 9.78. The fourth-order valence-electron chi connectivity index (χ4n) is 3.13. The molecule has 32 heavy (non-hydrogen) atoms. The third kappa shape index (κ3) is 6.17. The molecule has 0 saturated heterocycles. The summed E-state index contributed by atoms with van der Waals surface area (Å²) in [6.45, 7) is 2.95. The van der Waals surface area contributed by atoms with Crippen LogP contribution in [0.3, 0.4) is 0 Å². The number of benzene rings is 1. The molecular formula is C21H29N5O5S. The summed E-state index contributed by atoms with van der Waals surface area (Å²) >= 11 is 0. The first-order chi connectivity index (χ1) is 14.9. The average molecular weight is 464 g/mol. The van der Waals surface area contributed by atoms with Crippen molar-refractivity contribution >= 4 is 27.7 Å². The lowest BCUT2D eigenvalue weighted by Gasteiger charge is -2.21. The van der Waals surface area contributed by atoms with E-state index in [1.807, 2.05) is 0 Å². The lowest BCUT2D eigenvalue weighted by atomic mass is 10.1.